The van der Waals surface area contributed by atoms with Gasteiger partial charge in [-0.2, -0.15) is 0 Å². The standard InChI is InChI=1S/C14H23N3/c1-4-15-13-8-5-9-14(16-13)17-10-6-7-12(17)11(2)3/h5,8-9,11-12H,4,6-7,10H2,1-3H3,(H,15,16). The molecule has 0 saturated carbocycles. The van der Waals surface area contributed by atoms with E-state index in [-0.39, 0.29) is 0 Å². The molecule has 2 rings (SSSR count). The second kappa shape index (κ2) is 5.39. The first-order chi connectivity index (χ1) is 8.22. The number of pyridine rings is 1. The molecule has 94 valence electrons. The maximum atomic E-state index is 4.69. The number of nitrogens with zero attached hydrogens (tertiary/aromatic N) is 2. The van der Waals surface area contributed by atoms with Gasteiger partial charge in [0.15, 0.2) is 0 Å². The zero-order valence-electron chi connectivity index (χ0n) is 11.1. The summed E-state index contributed by atoms with van der Waals surface area (Å²) >= 11 is 0. The fraction of sp³-hybridized carbons (Fsp3) is 0.643. The highest BCUT2D eigenvalue weighted by Gasteiger charge is 2.27. The van der Waals surface area contributed by atoms with E-state index in [2.05, 4.69) is 43.1 Å². The van der Waals surface area contributed by atoms with Crippen molar-refractivity contribution in [1.29, 1.82) is 0 Å². The van der Waals surface area contributed by atoms with Crippen molar-refractivity contribution >= 4 is 11.6 Å². The van der Waals surface area contributed by atoms with Gasteiger partial charge in [0.2, 0.25) is 0 Å². The molecular formula is C14H23N3. The summed E-state index contributed by atoms with van der Waals surface area (Å²) in [5.74, 6) is 2.81. The molecule has 0 amide bonds. The highest BCUT2D eigenvalue weighted by molar-refractivity contribution is 5.48. The molecule has 1 fully saturated rings. The van der Waals surface area contributed by atoms with Gasteiger partial charge in [0, 0.05) is 19.1 Å². The lowest BCUT2D eigenvalue weighted by atomic mass is 10.0. The lowest BCUT2D eigenvalue weighted by molar-refractivity contribution is 0.490. The second-order valence-corrected chi connectivity index (χ2v) is 5.06. The van der Waals surface area contributed by atoms with Crippen molar-refractivity contribution in [3.05, 3.63) is 18.2 Å². The quantitative estimate of drug-likeness (QED) is 0.866. The van der Waals surface area contributed by atoms with Crippen molar-refractivity contribution in [1.82, 2.24) is 4.98 Å². The van der Waals surface area contributed by atoms with Crippen LogP contribution in [0, 0.1) is 5.92 Å². The summed E-state index contributed by atoms with van der Waals surface area (Å²) in [4.78, 5) is 7.16. The van der Waals surface area contributed by atoms with Crippen LogP contribution in [0.4, 0.5) is 11.6 Å². The topological polar surface area (TPSA) is 28.2 Å². The fourth-order valence-corrected chi connectivity index (χ4v) is 2.63. The van der Waals surface area contributed by atoms with Crippen LogP contribution < -0.4 is 10.2 Å². The van der Waals surface area contributed by atoms with Crippen molar-refractivity contribution in [3.8, 4) is 0 Å². The van der Waals surface area contributed by atoms with Gasteiger partial charge in [-0.15, -0.1) is 0 Å². The maximum absolute atomic E-state index is 4.69. The first-order valence-electron chi connectivity index (χ1n) is 6.70. The largest absolute Gasteiger partial charge is 0.370 e. The average molecular weight is 233 g/mol. The van der Waals surface area contributed by atoms with Crippen molar-refractivity contribution in [2.75, 3.05) is 23.3 Å². The summed E-state index contributed by atoms with van der Waals surface area (Å²) < 4.78 is 0. The van der Waals surface area contributed by atoms with E-state index in [0.717, 1.165) is 24.7 Å². The zero-order chi connectivity index (χ0) is 12.3. The minimum Gasteiger partial charge on any atom is -0.370 e. The predicted molar refractivity (Wildman–Crippen MR) is 73.6 cm³/mol. The summed E-state index contributed by atoms with van der Waals surface area (Å²) in [6.07, 6.45) is 2.58. The Labute approximate surface area is 104 Å². The lowest BCUT2D eigenvalue weighted by Crippen LogP contribution is -2.34. The molecule has 1 saturated heterocycles. The summed E-state index contributed by atoms with van der Waals surface area (Å²) in [6, 6.07) is 6.91. The molecule has 1 N–H and O–H groups in total. The molecular weight excluding hydrogens is 210 g/mol. The molecule has 1 aliphatic rings. The SMILES string of the molecule is CCNc1cccc(N2CCCC2C(C)C)n1. The van der Waals surface area contributed by atoms with Crippen LogP contribution in [0.5, 0.6) is 0 Å². The number of hydrogen-bond donors (Lipinski definition) is 1. The Hall–Kier alpha value is -1.25. The van der Waals surface area contributed by atoms with Crippen LogP contribution in [-0.2, 0) is 0 Å². The molecule has 2 heterocycles. The van der Waals surface area contributed by atoms with Crippen LogP contribution in [0.25, 0.3) is 0 Å². The Bertz CT molecular complexity index is 362. The Balaban J connectivity index is 2.18. The van der Waals surface area contributed by atoms with E-state index in [1.165, 1.54) is 12.8 Å². The Morgan fingerprint density at radius 1 is 1.47 bits per heavy atom. The molecule has 1 aliphatic heterocycles. The molecule has 1 atom stereocenters. The van der Waals surface area contributed by atoms with Gasteiger partial charge in [0.05, 0.1) is 0 Å². The minimum atomic E-state index is 0.652. The van der Waals surface area contributed by atoms with Gasteiger partial charge in [0.25, 0.3) is 0 Å². The molecule has 0 aromatic carbocycles. The summed E-state index contributed by atoms with van der Waals surface area (Å²) in [5, 5.41) is 3.28. The normalized spacial score (nSPS) is 20.0. The van der Waals surface area contributed by atoms with Gasteiger partial charge >= 0.3 is 0 Å². The van der Waals surface area contributed by atoms with Crippen molar-refractivity contribution < 1.29 is 0 Å². The number of aromatic nitrogens is 1. The highest BCUT2D eigenvalue weighted by Crippen LogP contribution is 2.28. The molecule has 0 radical (unpaired) electrons. The van der Waals surface area contributed by atoms with Crippen LogP contribution in [0.2, 0.25) is 0 Å². The van der Waals surface area contributed by atoms with E-state index in [0.29, 0.717) is 12.0 Å². The third-order valence-electron chi connectivity index (χ3n) is 3.46. The van der Waals surface area contributed by atoms with E-state index >= 15 is 0 Å². The summed E-state index contributed by atoms with van der Waals surface area (Å²) in [7, 11) is 0. The van der Waals surface area contributed by atoms with Crippen molar-refractivity contribution in [2.24, 2.45) is 5.92 Å². The smallest absolute Gasteiger partial charge is 0.131 e. The van der Waals surface area contributed by atoms with Crippen LogP contribution in [0.1, 0.15) is 33.6 Å². The second-order valence-electron chi connectivity index (χ2n) is 5.06. The van der Waals surface area contributed by atoms with Crippen LogP contribution in [-0.4, -0.2) is 24.1 Å². The first kappa shape index (κ1) is 12.2. The molecule has 1 aromatic heterocycles. The molecule has 1 aromatic rings. The molecule has 3 heteroatoms. The number of rotatable bonds is 4. The van der Waals surface area contributed by atoms with E-state index in [1.54, 1.807) is 0 Å². The van der Waals surface area contributed by atoms with Gasteiger partial charge in [-0.25, -0.2) is 4.98 Å². The Morgan fingerprint density at radius 2 is 2.29 bits per heavy atom. The van der Waals surface area contributed by atoms with E-state index in [1.807, 2.05) is 6.07 Å². The van der Waals surface area contributed by atoms with E-state index in [4.69, 9.17) is 4.98 Å². The number of hydrogen-bond acceptors (Lipinski definition) is 3. The number of anilines is 2. The average Bonchev–Trinajstić information content (AvgIpc) is 2.79. The molecule has 17 heavy (non-hydrogen) atoms. The molecule has 0 aliphatic carbocycles. The van der Waals surface area contributed by atoms with E-state index < -0.39 is 0 Å². The van der Waals surface area contributed by atoms with Gasteiger partial charge in [0.1, 0.15) is 11.6 Å². The zero-order valence-corrected chi connectivity index (χ0v) is 11.1. The number of nitrogens with one attached hydrogen (secondary N) is 1. The minimum absolute atomic E-state index is 0.652. The lowest BCUT2D eigenvalue weighted by Gasteiger charge is -2.28. The third-order valence-corrected chi connectivity index (χ3v) is 3.46. The molecule has 0 bridgehead atoms. The third kappa shape index (κ3) is 2.71. The van der Waals surface area contributed by atoms with Gasteiger partial charge in [-0.1, -0.05) is 19.9 Å². The van der Waals surface area contributed by atoms with Gasteiger partial charge in [-0.3, -0.25) is 0 Å². The van der Waals surface area contributed by atoms with E-state index in [9.17, 15) is 0 Å². The molecule has 3 nitrogen and oxygen atoms in total. The first-order valence-corrected chi connectivity index (χ1v) is 6.70. The van der Waals surface area contributed by atoms with Gasteiger partial charge in [-0.05, 0) is 37.8 Å². The summed E-state index contributed by atoms with van der Waals surface area (Å²) in [5.41, 5.74) is 0. The highest BCUT2D eigenvalue weighted by atomic mass is 15.2. The fourth-order valence-electron chi connectivity index (χ4n) is 2.63. The Kier molecular flexibility index (Phi) is 3.87. The van der Waals surface area contributed by atoms with Crippen molar-refractivity contribution in [3.63, 3.8) is 0 Å². The molecule has 0 spiro atoms. The van der Waals surface area contributed by atoms with Crippen LogP contribution in [0.3, 0.4) is 0 Å². The molecule has 1 unspecified atom stereocenters. The van der Waals surface area contributed by atoms with Crippen LogP contribution in [0.15, 0.2) is 18.2 Å². The van der Waals surface area contributed by atoms with Crippen LogP contribution >= 0.6 is 0 Å². The predicted octanol–water partition coefficient (Wildman–Crippen LogP) is 3.14. The maximum Gasteiger partial charge on any atom is 0.131 e. The van der Waals surface area contributed by atoms with Crippen molar-refractivity contribution in [2.45, 2.75) is 39.7 Å². The monoisotopic (exact) mass is 233 g/mol. The summed E-state index contributed by atoms with van der Waals surface area (Å²) in [6.45, 7) is 8.77. The Morgan fingerprint density at radius 3 is 3.00 bits per heavy atom. The van der Waals surface area contributed by atoms with Gasteiger partial charge < -0.3 is 10.2 Å².